The van der Waals surface area contributed by atoms with E-state index in [0.717, 1.165) is 11.3 Å². The van der Waals surface area contributed by atoms with Crippen molar-refractivity contribution in [1.82, 2.24) is 15.2 Å². The molecule has 0 saturated heterocycles. The van der Waals surface area contributed by atoms with E-state index >= 15 is 0 Å². The van der Waals surface area contributed by atoms with Crippen LogP contribution in [0.1, 0.15) is 5.56 Å². The second-order valence-corrected chi connectivity index (χ2v) is 5.97. The fourth-order valence-corrected chi connectivity index (χ4v) is 2.70. The molecular weight excluding hydrogens is 313 g/mol. The first-order valence-electron chi connectivity index (χ1n) is 7.22. The number of hydrogen-bond acceptors (Lipinski definition) is 4. The maximum absolute atomic E-state index is 13.7. The van der Waals surface area contributed by atoms with E-state index < -0.39 is 0 Å². The Morgan fingerprint density at radius 3 is 2.74 bits per heavy atom. The molecule has 0 atom stereocenters. The quantitative estimate of drug-likeness (QED) is 0.547. The molecule has 0 unspecified atom stereocenters. The summed E-state index contributed by atoms with van der Waals surface area (Å²) >= 11 is 1.47. The Kier molecular flexibility index (Phi) is 4.92. The first-order chi connectivity index (χ1) is 11.2. The lowest BCUT2D eigenvalue weighted by atomic mass is 10.2. The molecule has 0 amide bonds. The third kappa shape index (κ3) is 3.90. The number of nitrogens with zero attached hydrogens (tertiary/aromatic N) is 2. The number of aromatic amines is 1. The largest absolute Gasteiger partial charge is 0.492 e. The molecule has 6 heteroatoms. The van der Waals surface area contributed by atoms with Crippen LogP contribution in [0.5, 0.6) is 5.75 Å². The van der Waals surface area contributed by atoms with Crippen molar-refractivity contribution in [3.05, 3.63) is 59.9 Å². The van der Waals surface area contributed by atoms with Crippen molar-refractivity contribution in [2.24, 2.45) is 0 Å². The van der Waals surface area contributed by atoms with E-state index in [1.54, 1.807) is 18.2 Å². The zero-order valence-corrected chi connectivity index (χ0v) is 13.4. The van der Waals surface area contributed by atoms with Crippen molar-refractivity contribution in [3.63, 3.8) is 0 Å². The maximum atomic E-state index is 13.7. The molecule has 1 aromatic heterocycles. The fraction of sp³-hybridized carbons (Fsp3) is 0.176. The molecule has 0 spiro atoms. The van der Waals surface area contributed by atoms with E-state index in [-0.39, 0.29) is 5.82 Å². The summed E-state index contributed by atoms with van der Waals surface area (Å²) in [6.07, 6.45) is 0. The van der Waals surface area contributed by atoms with Crippen LogP contribution in [0.4, 0.5) is 4.39 Å². The Labute approximate surface area is 138 Å². The zero-order chi connectivity index (χ0) is 16.1. The Hall–Kier alpha value is -2.34. The van der Waals surface area contributed by atoms with Crippen molar-refractivity contribution in [3.8, 4) is 17.1 Å². The molecule has 0 saturated carbocycles. The zero-order valence-electron chi connectivity index (χ0n) is 12.6. The Bertz CT molecular complexity index is 791. The highest BCUT2D eigenvalue weighted by Crippen LogP contribution is 2.22. The van der Waals surface area contributed by atoms with Gasteiger partial charge in [0, 0.05) is 5.75 Å². The molecular formula is C17H16FN3OS. The van der Waals surface area contributed by atoms with Gasteiger partial charge in [0.25, 0.3) is 0 Å². The van der Waals surface area contributed by atoms with E-state index in [9.17, 15) is 4.39 Å². The van der Waals surface area contributed by atoms with Crippen LogP contribution in [-0.4, -0.2) is 27.5 Å². The fourth-order valence-electron chi connectivity index (χ4n) is 2.09. The van der Waals surface area contributed by atoms with Gasteiger partial charge < -0.3 is 4.74 Å². The van der Waals surface area contributed by atoms with E-state index in [0.29, 0.717) is 28.9 Å². The van der Waals surface area contributed by atoms with Crippen molar-refractivity contribution in [2.75, 3.05) is 12.4 Å². The van der Waals surface area contributed by atoms with Gasteiger partial charge in [-0.25, -0.2) is 9.37 Å². The molecule has 1 heterocycles. The molecule has 3 aromatic rings. The number of aryl methyl sites for hydroxylation is 1. The molecule has 3 rings (SSSR count). The molecule has 2 aromatic carbocycles. The van der Waals surface area contributed by atoms with Gasteiger partial charge in [-0.05, 0) is 30.7 Å². The van der Waals surface area contributed by atoms with Crippen LogP contribution in [0.25, 0.3) is 11.4 Å². The van der Waals surface area contributed by atoms with Crippen LogP contribution in [0.15, 0.2) is 53.7 Å². The molecule has 0 bridgehead atoms. The number of ether oxygens (including phenoxy) is 1. The minimum Gasteiger partial charge on any atom is -0.492 e. The normalized spacial score (nSPS) is 10.7. The van der Waals surface area contributed by atoms with Gasteiger partial charge in [0.1, 0.15) is 11.6 Å². The number of thioether (sulfide) groups is 1. The van der Waals surface area contributed by atoms with Gasteiger partial charge in [-0.3, -0.25) is 5.10 Å². The number of hydrogen-bond donors (Lipinski definition) is 1. The van der Waals surface area contributed by atoms with Gasteiger partial charge in [0.2, 0.25) is 5.16 Å². The number of aromatic nitrogens is 3. The standard InChI is InChI=1S/C17H16FN3OS/c1-12-6-2-5-9-15(12)22-10-11-23-17-19-16(20-21-17)13-7-3-4-8-14(13)18/h2-9H,10-11H2,1H3,(H,19,20,21). The van der Waals surface area contributed by atoms with E-state index in [1.165, 1.54) is 17.8 Å². The smallest absolute Gasteiger partial charge is 0.208 e. The van der Waals surface area contributed by atoms with Crippen molar-refractivity contribution in [2.45, 2.75) is 12.1 Å². The number of nitrogens with one attached hydrogen (secondary N) is 1. The Morgan fingerprint density at radius 2 is 1.91 bits per heavy atom. The molecule has 0 aliphatic carbocycles. The molecule has 4 nitrogen and oxygen atoms in total. The number of benzene rings is 2. The van der Waals surface area contributed by atoms with Gasteiger partial charge >= 0.3 is 0 Å². The maximum Gasteiger partial charge on any atom is 0.208 e. The van der Waals surface area contributed by atoms with E-state index in [1.807, 2.05) is 31.2 Å². The Morgan fingerprint density at radius 1 is 1.13 bits per heavy atom. The van der Waals surface area contributed by atoms with Crippen LogP contribution < -0.4 is 4.74 Å². The average molecular weight is 329 g/mol. The van der Waals surface area contributed by atoms with Crippen LogP contribution in [0.3, 0.4) is 0 Å². The first kappa shape index (κ1) is 15.6. The summed E-state index contributed by atoms with van der Waals surface area (Å²) < 4.78 is 19.4. The summed E-state index contributed by atoms with van der Waals surface area (Å²) in [5.41, 5.74) is 1.53. The highest BCUT2D eigenvalue weighted by molar-refractivity contribution is 7.99. The van der Waals surface area contributed by atoms with Gasteiger partial charge in [-0.1, -0.05) is 42.1 Å². The number of H-pyrrole nitrogens is 1. The van der Waals surface area contributed by atoms with Crippen LogP contribution in [-0.2, 0) is 0 Å². The lowest BCUT2D eigenvalue weighted by Crippen LogP contribution is -2.01. The minimum atomic E-state index is -0.317. The van der Waals surface area contributed by atoms with Crippen molar-refractivity contribution in [1.29, 1.82) is 0 Å². The molecule has 0 aliphatic heterocycles. The van der Waals surface area contributed by atoms with E-state index in [4.69, 9.17) is 4.74 Å². The highest BCUT2D eigenvalue weighted by atomic mass is 32.2. The summed E-state index contributed by atoms with van der Waals surface area (Å²) in [4.78, 5) is 4.30. The molecule has 23 heavy (non-hydrogen) atoms. The number of rotatable bonds is 6. The second-order valence-electron chi connectivity index (χ2n) is 4.91. The van der Waals surface area contributed by atoms with Crippen LogP contribution in [0.2, 0.25) is 0 Å². The molecule has 0 fully saturated rings. The SMILES string of the molecule is Cc1ccccc1OCCSc1n[nH]c(-c2ccccc2F)n1. The third-order valence-corrected chi connectivity index (χ3v) is 4.07. The number of para-hydroxylation sites is 1. The minimum absolute atomic E-state index is 0.317. The first-order valence-corrected chi connectivity index (χ1v) is 8.21. The predicted molar refractivity (Wildman–Crippen MR) is 89.2 cm³/mol. The topological polar surface area (TPSA) is 50.8 Å². The Balaban J connectivity index is 1.54. The third-order valence-electron chi connectivity index (χ3n) is 3.26. The summed E-state index contributed by atoms with van der Waals surface area (Å²) in [5.74, 6) is 1.71. The van der Waals surface area contributed by atoms with Gasteiger partial charge in [-0.15, -0.1) is 5.10 Å². The summed E-state index contributed by atoms with van der Waals surface area (Å²) in [5, 5.41) is 7.45. The summed E-state index contributed by atoms with van der Waals surface area (Å²) in [7, 11) is 0. The van der Waals surface area contributed by atoms with E-state index in [2.05, 4.69) is 15.2 Å². The lowest BCUT2D eigenvalue weighted by molar-refractivity contribution is 0.341. The van der Waals surface area contributed by atoms with Gasteiger partial charge in [-0.2, -0.15) is 0 Å². The molecule has 118 valence electrons. The van der Waals surface area contributed by atoms with Crippen LogP contribution >= 0.6 is 11.8 Å². The lowest BCUT2D eigenvalue weighted by Gasteiger charge is -2.07. The van der Waals surface area contributed by atoms with Crippen LogP contribution in [0, 0.1) is 12.7 Å². The van der Waals surface area contributed by atoms with Crippen molar-refractivity contribution >= 4 is 11.8 Å². The monoisotopic (exact) mass is 329 g/mol. The summed E-state index contributed by atoms with van der Waals surface area (Å²) in [6.45, 7) is 2.57. The molecule has 1 N–H and O–H groups in total. The highest BCUT2D eigenvalue weighted by Gasteiger charge is 2.10. The predicted octanol–water partition coefficient (Wildman–Crippen LogP) is 4.09. The van der Waals surface area contributed by atoms with Gasteiger partial charge in [0.15, 0.2) is 5.82 Å². The second kappa shape index (κ2) is 7.28. The average Bonchev–Trinajstić information content (AvgIpc) is 3.02. The summed E-state index contributed by atoms with van der Waals surface area (Å²) in [6, 6.07) is 14.4. The van der Waals surface area contributed by atoms with Gasteiger partial charge in [0.05, 0.1) is 12.2 Å². The number of halogens is 1. The van der Waals surface area contributed by atoms with Crippen molar-refractivity contribution < 1.29 is 9.13 Å². The molecule has 0 radical (unpaired) electrons. The molecule has 0 aliphatic rings.